The van der Waals surface area contributed by atoms with E-state index in [1.54, 1.807) is 0 Å². The number of ether oxygens (including phenoxy) is 1. The first-order valence-corrected chi connectivity index (χ1v) is 6.10. The van der Waals surface area contributed by atoms with E-state index in [-0.39, 0.29) is 12.2 Å². The molecule has 1 aromatic carbocycles. The SMILES string of the molecule is CC(C)OC(CBr)c1cccc(Cl)c1. The monoisotopic (exact) mass is 276 g/mol. The topological polar surface area (TPSA) is 9.23 Å². The van der Waals surface area contributed by atoms with Gasteiger partial charge in [-0.25, -0.2) is 0 Å². The van der Waals surface area contributed by atoms with Crippen LogP contribution >= 0.6 is 27.5 Å². The van der Waals surface area contributed by atoms with Crippen LogP contribution in [0.2, 0.25) is 5.02 Å². The highest BCUT2D eigenvalue weighted by Crippen LogP contribution is 2.23. The van der Waals surface area contributed by atoms with E-state index in [1.807, 2.05) is 38.1 Å². The van der Waals surface area contributed by atoms with Crippen LogP contribution in [0.4, 0.5) is 0 Å². The van der Waals surface area contributed by atoms with Crippen molar-refractivity contribution in [2.45, 2.75) is 26.1 Å². The molecular formula is C11H14BrClO. The first kappa shape index (κ1) is 12.0. The first-order chi connectivity index (χ1) is 6.63. The lowest BCUT2D eigenvalue weighted by atomic mass is 10.1. The average molecular weight is 278 g/mol. The molecule has 1 aromatic rings. The summed E-state index contributed by atoms with van der Waals surface area (Å²) < 4.78 is 5.73. The summed E-state index contributed by atoms with van der Waals surface area (Å²) in [5.41, 5.74) is 1.11. The molecule has 1 nitrogen and oxygen atoms in total. The predicted octanol–water partition coefficient (Wildman–Crippen LogP) is 4.20. The van der Waals surface area contributed by atoms with Crippen molar-refractivity contribution in [2.75, 3.05) is 5.33 Å². The summed E-state index contributed by atoms with van der Waals surface area (Å²) in [6, 6.07) is 7.78. The third-order valence-electron chi connectivity index (χ3n) is 1.80. The molecule has 0 aliphatic rings. The average Bonchev–Trinajstić information content (AvgIpc) is 2.14. The third kappa shape index (κ3) is 3.60. The van der Waals surface area contributed by atoms with Crippen molar-refractivity contribution in [1.82, 2.24) is 0 Å². The van der Waals surface area contributed by atoms with E-state index < -0.39 is 0 Å². The maximum Gasteiger partial charge on any atom is 0.0925 e. The molecule has 0 saturated heterocycles. The Morgan fingerprint density at radius 3 is 2.64 bits per heavy atom. The molecule has 0 aromatic heterocycles. The van der Waals surface area contributed by atoms with E-state index in [0.717, 1.165) is 15.9 Å². The number of rotatable bonds is 4. The fraction of sp³-hybridized carbons (Fsp3) is 0.455. The van der Waals surface area contributed by atoms with Gasteiger partial charge >= 0.3 is 0 Å². The van der Waals surface area contributed by atoms with E-state index in [2.05, 4.69) is 15.9 Å². The minimum Gasteiger partial charge on any atom is -0.370 e. The molecule has 0 fully saturated rings. The highest BCUT2D eigenvalue weighted by atomic mass is 79.9. The Bertz CT molecular complexity index is 288. The van der Waals surface area contributed by atoms with Crippen molar-refractivity contribution >= 4 is 27.5 Å². The maximum atomic E-state index is 5.91. The van der Waals surface area contributed by atoms with Crippen LogP contribution in [-0.4, -0.2) is 11.4 Å². The second-order valence-electron chi connectivity index (χ2n) is 3.38. The van der Waals surface area contributed by atoms with Gasteiger partial charge in [0.05, 0.1) is 12.2 Å². The van der Waals surface area contributed by atoms with E-state index >= 15 is 0 Å². The molecule has 0 N–H and O–H groups in total. The van der Waals surface area contributed by atoms with Crippen LogP contribution in [0.1, 0.15) is 25.5 Å². The van der Waals surface area contributed by atoms with Crippen molar-refractivity contribution in [3.8, 4) is 0 Å². The third-order valence-corrected chi connectivity index (χ3v) is 2.62. The minimum absolute atomic E-state index is 0.0775. The molecule has 0 spiro atoms. The van der Waals surface area contributed by atoms with Crippen LogP contribution < -0.4 is 0 Å². The molecule has 0 heterocycles. The molecular weight excluding hydrogens is 263 g/mol. The molecule has 1 unspecified atom stereocenters. The van der Waals surface area contributed by atoms with Gasteiger partial charge in [-0.1, -0.05) is 39.7 Å². The van der Waals surface area contributed by atoms with Gasteiger partial charge < -0.3 is 4.74 Å². The van der Waals surface area contributed by atoms with Crippen LogP contribution in [0.15, 0.2) is 24.3 Å². The lowest BCUT2D eigenvalue weighted by Gasteiger charge is -2.18. The summed E-state index contributed by atoms with van der Waals surface area (Å²) in [7, 11) is 0. The highest BCUT2D eigenvalue weighted by Gasteiger charge is 2.12. The van der Waals surface area contributed by atoms with Crippen LogP contribution in [-0.2, 0) is 4.74 Å². The fourth-order valence-electron chi connectivity index (χ4n) is 1.24. The Morgan fingerprint density at radius 2 is 2.14 bits per heavy atom. The predicted molar refractivity (Wildman–Crippen MR) is 64.2 cm³/mol. The van der Waals surface area contributed by atoms with Crippen molar-refractivity contribution in [1.29, 1.82) is 0 Å². The Labute approximate surface area is 98.5 Å². The summed E-state index contributed by atoms with van der Waals surface area (Å²) in [4.78, 5) is 0. The zero-order valence-corrected chi connectivity index (χ0v) is 10.7. The highest BCUT2D eigenvalue weighted by molar-refractivity contribution is 9.09. The lowest BCUT2D eigenvalue weighted by Crippen LogP contribution is -2.11. The number of benzene rings is 1. The van der Waals surface area contributed by atoms with Crippen LogP contribution in [0, 0.1) is 0 Å². The van der Waals surface area contributed by atoms with E-state index in [1.165, 1.54) is 0 Å². The number of hydrogen-bond donors (Lipinski definition) is 0. The molecule has 0 saturated carbocycles. The van der Waals surface area contributed by atoms with Crippen molar-refractivity contribution < 1.29 is 4.74 Å². The number of hydrogen-bond acceptors (Lipinski definition) is 1. The van der Waals surface area contributed by atoms with Gasteiger partial charge in [0.1, 0.15) is 0 Å². The molecule has 1 atom stereocenters. The summed E-state index contributed by atoms with van der Waals surface area (Å²) in [6.07, 6.45) is 0.297. The summed E-state index contributed by atoms with van der Waals surface area (Å²) in [5.74, 6) is 0. The molecule has 0 aliphatic carbocycles. The van der Waals surface area contributed by atoms with Gasteiger partial charge in [-0.05, 0) is 31.5 Å². The largest absolute Gasteiger partial charge is 0.370 e. The van der Waals surface area contributed by atoms with Gasteiger partial charge in [-0.2, -0.15) is 0 Å². The smallest absolute Gasteiger partial charge is 0.0925 e. The Hall–Kier alpha value is -0.0500. The van der Waals surface area contributed by atoms with E-state index in [4.69, 9.17) is 16.3 Å². The quantitative estimate of drug-likeness (QED) is 0.750. The second kappa shape index (κ2) is 5.74. The van der Waals surface area contributed by atoms with Gasteiger partial charge in [-0.15, -0.1) is 0 Å². The molecule has 78 valence electrons. The van der Waals surface area contributed by atoms with Gasteiger partial charge in [0, 0.05) is 10.4 Å². The summed E-state index contributed by atoms with van der Waals surface area (Å²) >= 11 is 9.35. The maximum absolute atomic E-state index is 5.91. The summed E-state index contributed by atoms with van der Waals surface area (Å²) in [6.45, 7) is 4.06. The van der Waals surface area contributed by atoms with Crippen LogP contribution in [0.3, 0.4) is 0 Å². The lowest BCUT2D eigenvalue weighted by molar-refractivity contribution is 0.0214. The zero-order chi connectivity index (χ0) is 10.6. The first-order valence-electron chi connectivity index (χ1n) is 4.60. The fourth-order valence-corrected chi connectivity index (χ4v) is 1.96. The van der Waals surface area contributed by atoms with Gasteiger partial charge in [0.25, 0.3) is 0 Å². The van der Waals surface area contributed by atoms with Gasteiger partial charge in [0.15, 0.2) is 0 Å². The van der Waals surface area contributed by atoms with Crippen molar-refractivity contribution in [3.63, 3.8) is 0 Å². The van der Waals surface area contributed by atoms with Gasteiger partial charge in [0.2, 0.25) is 0 Å². The van der Waals surface area contributed by atoms with Crippen LogP contribution in [0.5, 0.6) is 0 Å². The molecule has 3 heteroatoms. The Morgan fingerprint density at radius 1 is 1.43 bits per heavy atom. The summed E-state index contributed by atoms with van der Waals surface area (Å²) in [5, 5.41) is 1.53. The normalized spacial score (nSPS) is 13.2. The molecule has 14 heavy (non-hydrogen) atoms. The van der Waals surface area contributed by atoms with Crippen molar-refractivity contribution in [3.05, 3.63) is 34.9 Å². The minimum atomic E-state index is 0.0775. The zero-order valence-electron chi connectivity index (χ0n) is 8.34. The van der Waals surface area contributed by atoms with Gasteiger partial charge in [-0.3, -0.25) is 0 Å². The van der Waals surface area contributed by atoms with Crippen LogP contribution in [0.25, 0.3) is 0 Å². The number of halogens is 2. The molecule has 0 amide bonds. The Kier molecular flexibility index (Phi) is 4.93. The second-order valence-corrected chi connectivity index (χ2v) is 4.47. The van der Waals surface area contributed by atoms with E-state index in [0.29, 0.717) is 0 Å². The molecule has 0 radical (unpaired) electrons. The molecule has 1 rings (SSSR count). The van der Waals surface area contributed by atoms with Crippen molar-refractivity contribution in [2.24, 2.45) is 0 Å². The Balaban J connectivity index is 2.78. The molecule has 0 bridgehead atoms. The standard InChI is InChI=1S/C11H14BrClO/c1-8(2)14-11(7-12)9-4-3-5-10(13)6-9/h3-6,8,11H,7H2,1-2H3. The van der Waals surface area contributed by atoms with E-state index in [9.17, 15) is 0 Å². The molecule has 0 aliphatic heterocycles. The number of alkyl halides is 1.